The summed E-state index contributed by atoms with van der Waals surface area (Å²) in [6.07, 6.45) is -0.543. The first-order valence-corrected chi connectivity index (χ1v) is 14.4. The molecule has 0 saturated carbocycles. The molecule has 1 aromatic carbocycles. The van der Waals surface area contributed by atoms with Crippen LogP contribution >= 0.6 is 24.0 Å². The number of nitrogens with zero attached hydrogens (tertiary/aromatic N) is 2. The van der Waals surface area contributed by atoms with Crippen LogP contribution in [0.2, 0.25) is 0 Å². The number of carbonyl (C=O) groups excluding carboxylic acids is 4. The lowest BCUT2D eigenvalue weighted by Crippen LogP contribution is -2.43. The van der Waals surface area contributed by atoms with E-state index in [1.165, 1.54) is 35.2 Å². The van der Waals surface area contributed by atoms with E-state index in [1.807, 2.05) is 20.8 Å². The first-order valence-electron chi connectivity index (χ1n) is 13.2. The van der Waals surface area contributed by atoms with Crippen molar-refractivity contribution in [3.05, 3.63) is 50.9 Å². The lowest BCUT2D eigenvalue weighted by atomic mass is 10.0. The second kappa shape index (κ2) is 13.1. The van der Waals surface area contributed by atoms with E-state index in [9.17, 15) is 29.3 Å². The Bertz CT molecular complexity index is 1340. The number of ether oxygens (including phenoxy) is 3. The standard InChI is InChI=1S/C28H35N3O9S2/c1-27(2,3)39-20-13-21(25(34)40-28(4,5)6)42-24(20)29-23(33)19-11-17(12-22(32)41)14-30(19)26(35)38-15-16-7-9-18(10-8-16)31(36)37/h7-10,13,17,19H,11-12,14-15H2,1-6H3,(H,29,33)(H,32,41)/t17-,19-/m0/s1. The van der Waals surface area contributed by atoms with Gasteiger partial charge in [-0.05, 0) is 71.6 Å². The monoisotopic (exact) mass is 621 g/mol. The van der Waals surface area contributed by atoms with Crippen LogP contribution in [0.15, 0.2) is 30.3 Å². The predicted octanol–water partition coefficient (Wildman–Crippen LogP) is 5.60. The molecule has 2 amide bonds. The van der Waals surface area contributed by atoms with Gasteiger partial charge >= 0.3 is 12.1 Å². The molecule has 1 saturated heterocycles. The second-order valence-electron chi connectivity index (χ2n) is 11.9. The Hall–Kier alpha value is -3.65. The number of thiophene rings is 1. The fraction of sp³-hybridized carbons (Fsp3) is 0.500. The summed E-state index contributed by atoms with van der Waals surface area (Å²) in [6.45, 7) is 10.6. The number of carbonyl (C=O) groups is 4. The highest BCUT2D eigenvalue weighted by Crippen LogP contribution is 2.39. The molecule has 2 heterocycles. The molecule has 0 spiro atoms. The van der Waals surface area contributed by atoms with Gasteiger partial charge in [0.2, 0.25) is 5.91 Å². The number of rotatable bonds is 9. The number of benzene rings is 1. The van der Waals surface area contributed by atoms with Crippen molar-refractivity contribution in [2.75, 3.05) is 11.9 Å². The summed E-state index contributed by atoms with van der Waals surface area (Å²) in [6, 6.07) is 6.06. The second-order valence-corrected chi connectivity index (χ2v) is 13.4. The van der Waals surface area contributed by atoms with E-state index in [1.54, 1.807) is 20.8 Å². The molecule has 12 nitrogen and oxygen atoms in total. The summed E-state index contributed by atoms with van der Waals surface area (Å²) >= 11 is 4.84. The lowest BCUT2D eigenvalue weighted by Gasteiger charge is -2.24. The molecule has 1 N–H and O–H groups in total. The molecule has 0 radical (unpaired) electrons. The Morgan fingerprint density at radius 3 is 2.29 bits per heavy atom. The highest BCUT2D eigenvalue weighted by atomic mass is 32.1. The summed E-state index contributed by atoms with van der Waals surface area (Å²) in [7, 11) is 0. The number of hydrogen-bond acceptors (Lipinski definition) is 10. The number of amides is 2. The molecule has 0 bridgehead atoms. The van der Waals surface area contributed by atoms with Crippen molar-refractivity contribution in [2.24, 2.45) is 5.92 Å². The maximum absolute atomic E-state index is 13.6. The van der Waals surface area contributed by atoms with Gasteiger partial charge in [-0.1, -0.05) is 0 Å². The number of esters is 1. The minimum atomic E-state index is -0.985. The molecule has 1 fully saturated rings. The van der Waals surface area contributed by atoms with Gasteiger partial charge in [-0.3, -0.25) is 24.6 Å². The summed E-state index contributed by atoms with van der Waals surface area (Å²) in [5.74, 6) is -1.18. The fourth-order valence-electron chi connectivity index (χ4n) is 4.20. The van der Waals surface area contributed by atoms with E-state index in [2.05, 4.69) is 17.9 Å². The third kappa shape index (κ3) is 9.44. The summed E-state index contributed by atoms with van der Waals surface area (Å²) in [5, 5.41) is 13.6. The van der Waals surface area contributed by atoms with Crippen LogP contribution in [0.3, 0.4) is 0 Å². The molecule has 1 aliphatic heterocycles. The lowest BCUT2D eigenvalue weighted by molar-refractivity contribution is -0.384. The minimum Gasteiger partial charge on any atom is -0.485 e. The van der Waals surface area contributed by atoms with Crippen LogP contribution in [-0.4, -0.2) is 56.7 Å². The van der Waals surface area contributed by atoms with Gasteiger partial charge in [0.25, 0.3) is 5.69 Å². The first kappa shape index (κ1) is 32.9. The van der Waals surface area contributed by atoms with Gasteiger partial charge in [0, 0.05) is 31.2 Å². The zero-order valence-electron chi connectivity index (χ0n) is 24.3. The fourth-order valence-corrected chi connectivity index (χ4v) is 5.32. The van der Waals surface area contributed by atoms with Crippen LogP contribution in [0.5, 0.6) is 5.75 Å². The highest BCUT2D eigenvalue weighted by Gasteiger charge is 2.41. The molecule has 1 aliphatic rings. The van der Waals surface area contributed by atoms with Crippen LogP contribution in [0.25, 0.3) is 0 Å². The maximum Gasteiger partial charge on any atom is 0.410 e. The third-order valence-corrected chi connectivity index (χ3v) is 7.04. The van der Waals surface area contributed by atoms with Gasteiger partial charge < -0.3 is 19.5 Å². The number of thiol groups is 1. The van der Waals surface area contributed by atoms with Crippen molar-refractivity contribution >= 4 is 57.7 Å². The van der Waals surface area contributed by atoms with E-state index in [-0.39, 0.29) is 58.3 Å². The third-order valence-electron chi connectivity index (χ3n) is 5.85. The molecule has 2 aromatic rings. The minimum absolute atomic E-state index is 0.0548. The normalized spacial score (nSPS) is 17.0. The number of nitro groups is 1. The number of non-ortho nitro benzene ring substituents is 1. The van der Waals surface area contributed by atoms with Crippen molar-refractivity contribution < 1.29 is 38.3 Å². The van der Waals surface area contributed by atoms with Crippen LogP contribution in [0.1, 0.15) is 69.6 Å². The predicted molar refractivity (Wildman–Crippen MR) is 159 cm³/mol. The zero-order valence-corrected chi connectivity index (χ0v) is 26.0. The SMILES string of the molecule is CC(C)(C)OC(=O)c1cc(OC(C)(C)C)c(NC(=O)[C@@H]2C[C@@H](CC(=O)S)CN2C(=O)OCc2ccc([N+](=O)[O-])cc2)s1. The summed E-state index contributed by atoms with van der Waals surface area (Å²) in [4.78, 5) is 62.9. The van der Waals surface area contributed by atoms with E-state index in [4.69, 9.17) is 14.2 Å². The van der Waals surface area contributed by atoms with E-state index < -0.39 is 40.1 Å². The van der Waals surface area contributed by atoms with E-state index in [0.29, 0.717) is 5.56 Å². The van der Waals surface area contributed by atoms with Gasteiger partial charge in [0.15, 0.2) is 10.9 Å². The Kier molecular flexibility index (Phi) is 10.3. The van der Waals surface area contributed by atoms with Crippen LogP contribution in [-0.2, 0) is 25.7 Å². The maximum atomic E-state index is 13.6. The van der Waals surface area contributed by atoms with Crippen molar-refractivity contribution in [1.82, 2.24) is 4.90 Å². The average molecular weight is 622 g/mol. The smallest absolute Gasteiger partial charge is 0.410 e. The van der Waals surface area contributed by atoms with Crippen molar-refractivity contribution in [3.8, 4) is 5.75 Å². The number of likely N-dealkylation sites (tertiary alicyclic amines) is 1. The molecule has 14 heteroatoms. The van der Waals surface area contributed by atoms with Crippen molar-refractivity contribution in [3.63, 3.8) is 0 Å². The van der Waals surface area contributed by atoms with Crippen molar-refractivity contribution in [1.29, 1.82) is 0 Å². The van der Waals surface area contributed by atoms with Gasteiger partial charge in [-0.25, -0.2) is 9.59 Å². The topological polar surface area (TPSA) is 154 Å². The Morgan fingerprint density at radius 2 is 1.74 bits per heavy atom. The number of anilines is 1. The zero-order chi connectivity index (χ0) is 31.4. The number of hydrogen-bond donors (Lipinski definition) is 2. The molecule has 0 unspecified atom stereocenters. The van der Waals surface area contributed by atoms with Gasteiger partial charge in [-0.15, -0.1) is 24.0 Å². The Morgan fingerprint density at radius 1 is 1.10 bits per heavy atom. The van der Waals surface area contributed by atoms with Crippen LogP contribution < -0.4 is 10.1 Å². The molecule has 228 valence electrons. The van der Waals surface area contributed by atoms with E-state index in [0.717, 1.165) is 11.3 Å². The summed E-state index contributed by atoms with van der Waals surface area (Å²) in [5.41, 5.74) is -0.953. The van der Waals surface area contributed by atoms with Crippen LogP contribution in [0, 0.1) is 16.0 Å². The van der Waals surface area contributed by atoms with E-state index >= 15 is 0 Å². The quantitative estimate of drug-likeness (QED) is 0.158. The molecular weight excluding hydrogens is 586 g/mol. The largest absolute Gasteiger partial charge is 0.485 e. The highest BCUT2D eigenvalue weighted by molar-refractivity contribution is 7.96. The number of nitrogens with one attached hydrogen (secondary N) is 1. The van der Waals surface area contributed by atoms with Gasteiger partial charge in [-0.2, -0.15) is 0 Å². The van der Waals surface area contributed by atoms with Crippen molar-refractivity contribution in [2.45, 2.75) is 78.2 Å². The molecular formula is C28H35N3O9S2. The Labute approximate surface area is 253 Å². The molecule has 1 aromatic heterocycles. The first-order chi connectivity index (χ1) is 19.4. The molecule has 0 aliphatic carbocycles. The summed E-state index contributed by atoms with van der Waals surface area (Å²) < 4.78 is 16.9. The van der Waals surface area contributed by atoms with Gasteiger partial charge in [0.05, 0.1) is 4.92 Å². The molecule has 3 rings (SSSR count). The Balaban J connectivity index is 1.81. The van der Waals surface area contributed by atoms with Crippen LogP contribution in [0.4, 0.5) is 15.5 Å². The molecule has 2 atom stereocenters. The molecule has 42 heavy (non-hydrogen) atoms. The number of nitro benzene ring substituents is 1. The van der Waals surface area contributed by atoms with Gasteiger partial charge in [0.1, 0.15) is 33.7 Å². The average Bonchev–Trinajstić information content (AvgIpc) is 3.44.